The van der Waals surface area contributed by atoms with Crippen molar-refractivity contribution in [3.05, 3.63) is 52.5 Å². The van der Waals surface area contributed by atoms with Crippen LogP contribution in [0.4, 0.5) is 0 Å². The quantitative estimate of drug-likeness (QED) is 0.801. The molecule has 0 unspecified atom stereocenters. The first-order valence-corrected chi connectivity index (χ1v) is 7.37. The minimum atomic E-state index is -0.990. The third-order valence-corrected chi connectivity index (χ3v) is 3.40. The molecule has 116 valence electrons. The standard InChI is InChI=1S/C16H14Cl2O4/c1-2-14(16(19)20)21-11-4-6-12(7-5-11)22-15-8-3-10(17)9-13(15)18/h3-9,14H,2H2,1H3,(H,19,20)/t14-/m0/s1. The zero-order chi connectivity index (χ0) is 16.1. The minimum absolute atomic E-state index is 0.383. The van der Waals surface area contributed by atoms with Gasteiger partial charge < -0.3 is 14.6 Å². The maximum absolute atomic E-state index is 10.9. The van der Waals surface area contributed by atoms with Crippen LogP contribution in [0, 0.1) is 0 Å². The van der Waals surface area contributed by atoms with E-state index in [1.165, 1.54) is 0 Å². The predicted octanol–water partition coefficient (Wildman–Crippen LogP) is 5.03. The highest BCUT2D eigenvalue weighted by Crippen LogP contribution is 2.32. The van der Waals surface area contributed by atoms with E-state index in [2.05, 4.69) is 0 Å². The molecule has 2 aromatic carbocycles. The Morgan fingerprint density at radius 1 is 1.14 bits per heavy atom. The van der Waals surface area contributed by atoms with Crippen molar-refractivity contribution < 1.29 is 19.4 Å². The van der Waals surface area contributed by atoms with Crippen LogP contribution in [-0.4, -0.2) is 17.2 Å². The fourth-order valence-electron chi connectivity index (χ4n) is 1.74. The van der Waals surface area contributed by atoms with Gasteiger partial charge in [-0.1, -0.05) is 30.1 Å². The number of halogens is 2. The lowest BCUT2D eigenvalue weighted by molar-refractivity contribution is -0.145. The van der Waals surface area contributed by atoms with E-state index >= 15 is 0 Å². The van der Waals surface area contributed by atoms with Gasteiger partial charge in [-0.15, -0.1) is 0 Å². The van der Waals surface area contributed by atoms with Crippen LogP contribution in [0.3, 0.4) is 0 Å². The number of hydrogen-bond donors (Lipinski definition) is 1. The van der Waals surface area contributed by atoms with E-state index in [1.54, 1.807) is 49.4 Å². The summed E-state index contributed by atoms with van der Waals surface area (Å²) in [4.78, 5) is 10.9. The number of carbonyl (C=O) groups is 1. The molecule has 4 nitrogen and oxygen atoms in total. The van der Waals surface area contributed by atoms with E-state index in [-0.39, 0.29) is 0 Å². The molecule has 0 bridgehead atoms. The van der Waals surface area contributed by atoms with Gasteiger partial charge in [-0.3, -0.25) is 0 Å². The van der Waals surface area contributed by atoms with Crippen LogP contribution in [0.2, 0.25) is 10.0 Å². The van der Waals surface area contributed by atoms with Gasteiger partial charge >= 0.3 is 5.97 Å². The molecule has 0 aliphatic heterocycles. The highest BCUT2D eigenvalue weighted by molar-refractivity contribution is 6.35. The number of aliphatic carboxylic acids is 1. The monoisotopic (exact) mass is 340 g/mol. The van der Waals surface area contributed by atoms with Crippen molar-refractivity contribution in [3.63, 3.8) is 0 Å². The van der Waals surface area contributed by atoms with Gasteiger partial charge in [0.25, 0.3) is 0 Å². The molecular formula is C16H14Cl2O4. The van der Waals surface area contributed by atoms with Crippen molar-refractivity contribution in [2.75, 3.05) is 0 Å². The Kier molecular flexibility index (Phi) is 5.52. The molecule has 0 saturated carbocycles. The Bertz CT molecular complexity index is 656. The van der Waals surface area contributed by atoms with Gasteiger partial charge in [0, 0.05) is 5.02 Å². The van der Waals surface area contributed by atoms with Gasteiger partial charge in [-0.2, -0.15) is 0 Å². The van der Waals surface area contributed by atoms with E-state index in [4.69, 9.17) is 37.8 Å². The Morgan fingerprint density at radius 2 is 1.77 bits per heavy atom. The van der Waals surface area contributed by atoms with Crippen molar-refractivity contribution in [3.8, 4) is 17.2 Å². The Balaban J connectivity index is 2.07. The van der Waals surface area contributed by atoms with E-state index in [0.29, 0.717) is 33.7 Å². The number of carboxylic acids is 1. The summed E-state index contributed by atoms with van der Waals surface area (Å²) in [5, 5.41) is 9.90. The first-order chi connectivity index (χ1) is 10.5. The Hall–Kier alpha value is -1.91. The molecule has 1 N–H and O–H groups in total. The molecule has 0 spiro atoms. The summed E-state index contributed by atoms with van der Waals surface area (Å²) in [7, 11) is 0. The molecule has 0 radical (unpaired) electrons. The van der Waals surface area contributed by atoms with Crippen LogP contribution in [0.25, 0.3) is 0 Å². The molecule has 0 aromatic heterocycles. The van der Waals surface area contributed by atoms with Gasteiger partial charge in [0.1, 0.15) is 17.2 Å². The summed E-state index contributed by atoms with van der Waals surface area (Å²) < 4.78 is 11.0. The van der Waals surface area contributed by atoms with E-state index in [0.717, 1.165) is 0 Å². The van der Waals surface area contributed by atoms with Crippen LogP contribution in [0.5, 0.6) is 17.2 Å². The van der Waals surface area contributed by atoms with Crippen molar-refractivity contribution >= 4 is 29.2 Å². The molecule has 0 aliphatic carbocycles. The molecule has 1 atom stereocenters. The normalized spacial score (nSPS) is 11.8. The SMILES string of the molecule is CC[C@H](Oc1ccc(Oc2ccc(Cl)cc2Cl)cc1)C(=O)O. The minimum Gasteiger partial charge on any atom is -0.479 e. The molecule has 6 heteroatoms. The Labute approximate surface area is 138 Å². The van der Waals surface area contributed by atoms with Crippen molar-refractivity contribution in [1.82, 2.24) is 0 Å². The van der Waals surface area contributed by atoms with Crippen LogP contribution >= 0.6 is 23.2 Å². The number of ether oxygens (including phenoxy) is 2. The summed E-state index contributed by atoms with van der Waals surface area (Å²) in [5.41, 5.74) is 0. The summed E-state index contributed by atoms with van der Waals surface area (Å²) >= 11 is 11.9. The van der Waals surface area contributed by atoms with Gasteiger partial charge in [0.2, 0.25) is 0 Å². The number of rotatable bonds is 6. The van der Waals surface area contributed by atoms with Crippen molar-refractivity contribution in [2.45, 2.75) is 19.4 Å². The molecule has 0 heterocycles. The number of benzene rings is 2. The molecule has 0 aliphatic rings. The zero-order valence-corrected chi connectivity index (χ0v) is 13.3. The first kappa shape index (κ1) is 16.5. The number of hydrogen-bond acceptors (Lipinski definition) is 3. The van der Waals surface area contributed by atoms with Crippen LogP contribution in [0.1, 0.15) is 13.3 Å². The summed E-state index contributed by atoms with van der Waals surface area (Å²) in [6, 6.07) is 11.6. The average molecular weight is 341 g/mol. The van der Waals surface area contributed by atoms with E-state index in [1.807, 2.05) is 0 Å². The maximum atomic E-state index is 10.9. The molecule has 0 fully saturated rings. The molecule has 0 amide bonds. The second kappa shape index (κ2) is 7.38. The van der Waals surface area contributed by atoms with Gasteiger partial charge in [-0.05, 0) is 48.9 Å². The van der Waals surface area contributed by atoms with E-state index < -0.39 is 12.1 Å². The maximum Gasteiger partial charge on any atom is 0.344 e. The second-order valence-electron chi connectivity index (χ2n) is 4.50. The lowest BCUT2D eigenvalue weighted by atomic mass is 10.2. The second-order valence-corrected chi connectivity index (χ2v) is 5.34. The molecule has 2 rings (SSSR count). The average Bonchev–Trinajstić information content (AvgIpc) is 2.49. The van der Waals surface area contributed by atoms with Crippen molar-refractivity contribution in [2.24, 2.45) is 0 Å². The topological polar surface area (TPSA) is 55.8 Å². The first-order valence-electron chi connectivity index (χ1n) is 6.62. The number of carboxylic acid groups (broad SMARTS) is 1. The third-order valence-electron chi connectivity index (χ3n) is 2.87. The third kappa shape index (κ3) is 4.29. The fourth-order valence-corrected chi connectivity index (χ4v) is 2.19. The molecule has 22 heavy (non-hydrogen) atoms. The summed E-state index contributed by atoms with van der Waals surface area (Å²) in [6.07, 6.45) is -0.481. The molecular weight excluding hydrogens is 327 g/mol. The Morgan fingerprint density at radius 3 is 2.32 bits per heavy atom. The van der Waals surface area contributed by atoms with Gasteiger partial charge in [-0.25, -0.2) is 4.79 Å². The predicted molar refractivity (Wildman–Crippen MR) is 85.3 cm³/mol. The lowest BCUT2D eigenvalue weighted by Gasteiger charge is -2.13. The molecule has 2 aromatic rings. The zero-order valence-electron chi connectivity index (χ0n) is 11.8. The highest BCUT2D eigenvalue weighted by Gasteiger charge is 2.16. The highest BCUT2D eigenvalue weighted by atomic mass is 35.5. The van der Waals surface area contributed by atoms with Crippen LogP contribution in [-0.2, 0) is 4.79 Å². The fraction of sp³-hybridized carbons (Fsp3) is 0.188. The molecule has 0 saturated heterocycles. The summed E-state index contributed by atoms with van der Waals surface area (Å²) in [5.74, 6) is 0.510. The van der Waals surface area contributed by atoms with Gasteiger partial charge in [0.15, 0.2) is 6.10 Å². The largest absolute Gasteiger partial charge is 0.479 e. The van der Waals surface area contributed by atoms with Gasteiger partial charge in [0.05, 0.1) is 5.02 Å². The summed E-state index contributed by atoms with van der Waals surface area (Å²) in [6.45, 7) is 1.75. The van der Waals surface area contributed by atoms with Crippen molar-refractivity contribution in [1.29, 1.82) is 0 Å². The van der Waals surface area contributed by atoms with Crippen LogP contribution in [0.15, 0.2) is 42.5 Å². The van der Waals surface area contributed by atoms with Crippen LogP contribution < -0.4 is 9.47 Å². The smallest absolute Gasteiger partial charge is 0.344 e. The lowest BCUT2D eigenvalue weighted by Crippen LogP contribution is -2.25. The van der Waals surface area contributed by atoms with E-state index in [9.17, 15) is 4.79 Å².